The Balaban J connectivity index is 1.54. The first-order valence-corrected chi connectivity index (χ1v) is 11.9. The van der Waals surface area contributed by atoms with Crippen molar-refractivity contribution in [3.8, 4) is 11.5 Å². The summed E-state index contributed by atoms with van der Waals surface area (Å²) >= 11 is 3.39. The van der Waals surface area contributed by atoms with E-state index in [9.17, 15) is 19.2 Å². The molecule has 2 heterocycles. The van der Waals surface area contributed by atoms with Crippen LogP contribution >= 0.6 is 15.9 Å². The molecule has 2 N–H and O–H groups in total. The predicted molar refractivity (Wildman–Crippen MR) is 138 cm³/mol. The molecule has 11 nitrogen and oxygen atoms in total. The van der Waals surface area contributed by atoms with Gasteiger partial charge in [0.05, 0.1) is 20.8 Å². The van der Waals surface area contributed by atoms with Gasteiger partial charge < -0.3 is 29.3 Å². The number of amides is 4. The molecule has 196 valence electrons. The highest BCUT2D eigenvalue weighted by atomic mass is 79.9. The number of furan rings is 1. The van der Waals surface area contributed by atoms with Crippen molar-refractivity contribution in [2.75, 3.05) is 26.1 Å². The lowest BCUT2D eigenvalue weighted by atomic mass is 10.1. The Morgan fingerprint density at radius 3 is 2.58 bits per heavy atom. The van der Waals surface area contributed by atoms with Crippen molar-refractivity contribution >= 4 is 51.5 Å². The average Bonchev–Trinajstić information content (AvgIpc) is 3.48. The maximum absolute atomic E-state index is 13.0. The van der Waals surface area contributed by atoms with Gasteiger partial charge in [0.25, 0.3) is 11.8 Å². The van der Waals surface area contributed by atoms with Crippen molar-refractivity contribution in [2.45, 2.75) is 6.54 Å². The van der Waals surface area contributed by atoms with Gasteiger partial charge in [-0.25, -0.2) is 9.59 Å². The lowest BCUT2D eigenvalue weighted by molar-refractivity contribution is -0.123. The van der Waals surface area contributed by atoms with Gasteiger partial charge in [0, 0.05) is 15.7 Å². The Labute approximate surface area is 225 Å². The molecule has 2 aromatic carbocycles. The Morgan fingerprint density at radius 1 is 1.11 bits per heavy atom. The average molecular weight is 584 g/mol. The first-order chi connectivity index (χ1) is 18.3. The van der Waals surface area contributed by atoms with Crippen LogP contribution in [0.5, 0.6) is 11.5 Å². The molecule has 0 aliphatic carbocycles. The fraction of sp³-hybridized carbons (Fsp3) is 0.154. The molecule has 0 saturated carbocycles. The van der Waals surface area contributed by atoms with E-state index in [1.165, 1.54) is 32.4 Å². The van der Waals surface area contributed by atoms with Crippen molar-refractivity contribution in [1.29, 1.82) is 0 Å². The van der Waals surface area contributed by atoms with Crippen molar-refractivity contribution < 1.29 is 37.8 Å². The van der Waals surface area contributed by atoms with E-state index in [4.69, 9.17) is 13.9 Å². The van der Waals surface area contributed by atoms with Gasteiger partial charge in [0.2, 0.25) is 5.76 Å². The van der Waals surface area contributed by atoms with Gasteiger partial charge in [0.15, 0.2) is 18.1 Å². The lowest BCUT2D eigenvalue weighted by Gasteiger charge is -2.14. The molecule has 4 rings (SSSR count). The second kappa shape index (κ2) is 11.6. The molecule has 0 radical (unpaired) electrons. The number of esters is 1. The molecule has 0 bridgehead atoms. The number of para-hydroxylation sites is 1. The summed E-state index contributed by atoms with van der Waals surface area (Å²) in [5.41, 5.74) is 0.953. The fourth-order valence-electron chi connectivity index (χ4n) is 3.56. The van der Waals surface area contributed by atoms with Crippen LogP contribution in [0.4, 0.5) is 10.5 Å². The highest BCUT2D eigenvalue weighted by Crippen LogP contribution is 2.36. The number of nitrogens with one attached hydrogen (secondary N) is 2. The summed E-state index contributed by atoms with van der Waals surface area (Å²) < 4.78 is 21.8. The summed E-state index contributed by atoms with van der Waals surface area (Å²) in [6, 6.07) is 14.4. The number of imide groups is 1. The Hall–Kier alpha value is -4.58. The van der Waals surface area contributed by atoms with Crippen LogP contribution in [0.15, 0.2) is 69.2 Å². The number of benzene rings is 2. The molecular weight excluding hydrogens is 562 g/mol. The minimum atomic E-state index is -0.678. The molecule has 0 unspecified atom stereocenters. The second-order valence-corrected chi connectivity index (χ2v) is 8.78. The third-order valence-electron chi connectivity index (χ3n) is 5.30. The SMILES string of the molecule is COC(=O)c1ccc(CN2C(=O)N/C(=C\c3cc(Br)cc(OC)c3OCC(=O)Nc3ccccc3)C2=O)o1. The molecule has 1 saturated heterocycles. The number of rotatable bonds is 9. The van der Waals surface area contributed by atoms with E-state index in [2.05, 4.69) is 31.3 Å². The molecular formula is C26H22BrN3O8. The van der Waals surface area contributed by atoms with Gasteiger partial charge in [-0.15, -0.1) is 0 Å². The highest BCUT2D eigenvalue weighted by molar-refractivity contribution is 9.10. The number of carbonyl (C=O) groups is 4. The fourth-order valence-corrected chi connectivity index (χ4v) is 4.01. The monoisotopic (exact) mass is 583 g/mol. The normalized spacial score (nSPS) is 13.9. The largest absolute Gasteiger partial charge is 0.493 e. The van der Waals surface area contributed by atoms with Crippen molar-refractivity contribution in [1.82, 2.24) is 10.2 Å². The number of ether oxygens (including phenoxy) is 3. The van der Waals surface area contributed by atoms with Crippen molar-refractivity contribution in [2.24, 2.45) is 0 Å². The van der Waals surface area contributed by atoms with Crippen LogP contribution in [0.25, 0.3) is 6.08 Å². The van der Waals surface area contributed by atoms with E-state index in [-0.39, 0.29) is 36.1 Å². The summed E-state index contributed by atoms with van der Waals surface area (Å²) in [6.07, 6.45) is 1.42. The van der Waals surface area contributed by atoms with Crippen LogP contribution < -0.4 is 20.1 Å². The Kier molecular flexibility index (Phi) is 8.12. The van der Waals surface area contributed by atoms with Crippen LogP contribution in [-0.4, -0.2) is 49.5 Å². The minimum Gasteiger partial charge on any atom is -0.493 e. The summed E-state index contributed by atoms with van der Waals surface area (Å²) in [7, 11) is 2.65. The summed E-state index contributed by atoms with van der Waals surface area (Å²) in [5, 5.41) is 5.24. The summed E-state index contributed by atoms with van der Waals surface area (Å²) in [5.74, 6) is -1.04. The van der Waals surface area contributed by atoms with Crippen LogP contribution in [0.3, 0.4) is 0 Å². The van der Waals surface area contributed by atoms with Crippen molar-refractivity contribution in [3.05, 3.63) is 81.9 Å². The number of hydrogen-bond donors (Lipinski definition) is 2. The van der Waals surface area contributed by atoms with Gasteiger partial charge in [-0.1, -0.05) is 34.1 Å². The van der Waals surface area contributed by atoms with Gasteiger partial charge in [-0.05, 0) is 42.5 Å². The molecule has 38 heavy (non-hydrogen) atoms. The minimum absolute atomic E-state index is 0.0338. The lowest BCUT2D eigenvalue weighted by Crippen LogP contribution is -2.30. The van der Waals surface area contributed by atoms with Crippen LogP contribution in [-0.2, 0) is 20.9 Å². The number of urea groups is 1. The van der Waals surface area contributed by atoms with E-state index >= 15 is 0 Å². The van der Waals surface area contributed by atoms with E-state index in [1.54, 1.807) is 36.4 Å². The Bertz CT molecular complexity index is 1420. The smallest absolute Gasteiger partial charge is 0.373 e. The van der Waals surface area contributed by atoms with Crippen molar-refractivity contribution in [3.63, 3.8) is 0 Å². The zero-order chi connectivity index (χ0) is 27.2. The third-order valence-corrected chi connectivity index (χ3v) is 5.76. The van der Waals surface area contributed by atoms with Gasteiger partial charge >= 0.3 is 12.0 Å². The molecule has 1 aliphatic heterocycles. The van der Waals surface area contributed by atoms with Crippen LogP contribution in [0.2, 0.25) is 0 Å². The third kappa shape index (κ3) is 6.03. The Morgan fingerprint density at radius 2 is 1.87 bits per heavy atom. The van der Waals surface area contributed by atoms with E-state index < -0.39 is 23.8 Å². The summed E-state index contributed by atoms with van der Waals surface area (Å²) in [6.45, 7) is -0.541. The van der Waals surface area contributed by atoms with E-state index in [0.29, 0.717) is 21.5 Å². The van der Waals surface area contributed by atoms with Crippen LogP contribution in [0.1, 0.15) is 21.9 Å². The zero-order valence-electron chi connectivity index (χ0n) is 20.3. The molecule has 1 aliphatic rings. The predicted octanol–water partition coefficient (Wildman–Crippen LogP) is 3.95. The zero-order valence-corrected chi connectivity index (χ0v) is 21.9. The van der Waals surface area contributed by atoms with Gasteiger partial charge in [0.1, 0.15) is 11.5 Å². The van der Waals surface area contributed by atoms with E-state index in [0.717, 1.165) is 4.90 Å². The number of nitrogens with zero attached hydrogens (tertiary/aromatic N) is 1. The molecule has 1 fully saturated rings. The maximum Gasteiger partial charge on any atom is 0.373 e. The molecule has 0 spiro atoms. The number of halogens is 1. The summed E-state index contributed by atoms with van der Waals surface area (Å²) in [4.78, 5) is 50.5. The maximum atomic E-state index is 13.0. The topological polar surface area (TPSA) is 136 Å². The van der Waals surface area contributed by atoms with E-state index in [1.807, 2.05) is 6.07 Å². The molecule has 12 heteroatoms. The number of hydrogen-bond acceptors (Lipinski definition) is 8. The standard InChI is InChI=1S/C26H22BrN3O8/c1-35-21-12-16(27)10-15(23(21)37-14-22(31)28-17-6-4-3-5-7-17)11-19-24(32)30(26(34)29-19)13-18-8-9-20(38-18)25(33)36-2/h3-12H,13-14H2,1-2H3,(H,28,31)(H,29,34)/b19-11-. The first-order valence-electron chi connectivity index (χ1n) is 11.2. The molecule has 0 atom stereocenters. The molecule has 4 amide bonds. The molecule has 1 aromatic heterocycles. The number of methoxy groups -OCH3 is 2. The van der Waals surface area contributed by atoms with Crippen LogP contribution in [0, 0.1) is 0 Å². The quantitative estimate of drug-likeness (QED) is 0.219. The number of carbonyl (C=O) groups excluding carboxylic acids is 4. The first kappa shape index (κ1) is 26.5. The van der Waals surface area contributed by atoms with Gasteiger partial charge in [-0.2, -0.15) is 0 Å². The second-order valence-electron chi connectivity index (χ2n) is 7.87. The highest BCUT2D eigenvalue weighted by Gasteiger charge is 2.35. The van der Waals surface area contributed by atoms with Gasteiger partial charge in [-0.3, -0.25) is 14.5 Å². The number of anilines is 1. The molecule has 3 aromatic rings.